The molecule has 0 aliphatic carbocycles. The summed E-state index contributed by atoms with van der Waals surface area (Å²) in [5, 5.41) is 12.3. The van der Waals surface area contributed by atoms with Crippen molar-refractivity contribution in [1.29, 1.82) is 0 Å². The third kappa shape index (κ3) is 5.39. The van der Waals surface area contributed by atoms with Crippen LogP contribution in [0.15, 0.2) is 82.3 Å². The van der Waals surface area contributed by atoms with Gasteiger partial charge in [0, 0.05) is 12.1 Å². The molecule has 1 unspecified atom stereocenters. The molecule has 0 aliphatic heterocycles. The Morgan fingerprint density at radius 2 is 1.68 bits per heavy atom. The van der Waals surface area contributed by atoms with Gasteiger partial charge in [0.1, 0.15) is 5.76 Å². The highest BCUT2D eigenvalue weighted by Crippen LogP contribution is 2.28. The van der Waals surface area contributed by atoms with E-state index in [4.69, 9.17) is 4.42 Å². The molecular weight excluding hydrogens is 420 g/mol. The molecule has 1 heterocycles. The quantitative estimate of drug-likeness (QED) is 0.467. The molecule has 0 bridgehead atoms. The van der Waals surface area contributed by atoms with E-state index in [2.05, 4.69) is 10.0 Å². The van der Waals surface area contributed by atoms with E-state index < -0.39 is 27.3 Å². The number of nitrogens with one attached hydrogen (secondary N) is 2. The third-order valence-electron chi connectivity index (χ3n) is 4.86. The van der Waals surface area contributed by atoms with E-state index in [0.29, 0.717) is 17.0 Å². The number of aliphatic carboxylic acids is 1. The molecule has 9 heteroatoms. The van der Waals surface area contributed by atoms with Crippen molar-refractivity contribution in [2.45, 2.75) is 30.2 Å². The fourth-order valence-corrected chi connectivity index (χ4v) is 4.01. The number of anilines is 1. The number of benzene rings is 2. The van der Waals surface area contributed by atoms with Crippen LogP contribution in [0.4, 0.5) is 5.69 Å². The Balaban J connectivity index is 1.66. The summed E-state index contributed by atoms with van der Waals surface area (Å²) in [7, 11) is -3.76. The van der Waals surface area contributed by atoms with Crippen LogP contribution in [-0.4, -0.2) is 25.4 Å². The molecule has 3 rings (SSSR count). The smallest absolute Gasteiger partial charge is 0.314 e. The lowest BCUT2D eigenvalue weighted by Gasteiger charge is -2.24. The Kier molecular flexibility index (Phi) is 6.57. The molecule has 1 atom stereocenters. The van der Waals surface area contributed by atoms with Crippen molar-refractivity contribution in [3.05, 3.63) is 84.3 Å². The predicted octanol–water partition coefficient (Wildman–Crippen LogP) is 3.13. The zero-order valence-electron chi connectivity index (χ0n) is 16.7. The van der Waals surface area contributed by atoms with Crippen molar-refractivity contribution in [3.8, 4) is 0 Å². The average molecular weight is 442 g/mol. The number of furan rings is 1. The van der Waals surface area contributed by atoms with Crippen LogP contribution < -0.4 is 10.0 Å². The Morgan fingerprint density at radius 1 is 1.00 bits per heavy atom. The van der Waals surface area contributed by atoms with Crippen LogP contribution in [0.3, 0.4) is 0 Å². The first-order chi connectivity index (χ1) is 14.7. The molecule has 1 amide bonds. The van der Waals surface area contributed by atoms with Crippen LogP contribution in [0.5, 0.6) is 0 Å². The number of sulfonamides is 1. The summed E-state index contributed by atoms with van der Waals surface area (Å²) < 4.78 is 32.3. The lowest BCUT2D eigenvalue weighted by atomic mass is 9.79. The molecule has 8 nitrogen and oxygen atoms in total. The predicted molar refractivity (Wildman–Crippen MR) is 114 cm³/mol. The molecule has 31 heavy (non-hydrogen) atoms. The molecule has 162 valence electrons. The number of rotatable bonds is 9. The number of hydrogen-bond donors (Lipinski definition) is 3. The van der Waals surface area contributed by atoms with Gasteiger partial charge >= 0.3 is 5.97 Å². The van der Waals surface area contributed by atoms with E-state index in [-0.39, 0.29) is 17.9 Å². The molecular formula is C22H22N2O6S. The van der Waals surface area contributed by atoms with E-state index in [1.54, 1.807) is 42.5 Å². The van der Waals surface area contributed by atoms with Crippen LogP contribution in [0.1, 0.15) is 24.7 Å². The van der Waals surface area contributed by atoms with Crippen LogP contribution in [0.25, 0.3) is 0 Å². The summed E-state index contributed by atoms with van der Waals surface area (Å²) in [6, 6.07) is 17.4. The monoisotopic (exact) mass is 442 g/mol. The van der Waals surface area contributed by atoms with Crippen molar-refractivity contribution in [3.63, 3.8) is 0 Å². The summed E-state index contributed by atoms with van der Waals surface area (Å²) in [5.74, 6) is -1.13. The first kappa shape index (κ1) is 22.3. The topological polar surface area (TPSA) is 126 Å². The van der Waals surface area contributed by atoms with E-state index in [9.17, 15) is 23.1 Å². The van der Waals surface area contributed by atoms with Crippen molar-refractivity contribution in [2.75, 3.05) is 5.32 Å². The standard InChI is InChI=1S/C22H22N2O6S/c1-22(21(26)27,16-6-3-2-4-7-16)14-20(25)24-17-9-11-19(12-10-17)31(28,29)23-15-18-8-5-13-30-18/h2-13,23H,14-15H2,1H3,(H,24,25)(H,26,27). The first-order valence-corrected chi connectivity index (χ1v) is 10.9. The van der Waals surface area contributed by atoms with Crippen molar-refractivity contribution >= 4 is 27.6 Å². The molecule has 3 N–H and O–H groups in total. The molecule has 0 saturated carbocycles. The molecule has 0 saturated heterocycles. The second kappa shape index (κ2) is 9.15. The van der Waals surface area contributed by atoms with Gasteiger partial charge in [0.25, 0.3) is 0 Å². The van der Waals surface area contributed by atoms with Gasteiger partial charge in [-0.25, -0.2) is 13.1 Å². The molecule has 0 fully saturated rings. The summed E-state index contributed by atoms with van der Waals surface area (Å²) in [6.45, 7) is 1.51. The van der Waals surface area contributed by atoms with E-state index in [1.165, 1.54) is 37.5 Å². The number of amides is 1. The van der Waals surface area contributed by atoms with Crippen LogP contribution >= 0.6 is 0 Å². The van der Waals surface area contributed by atoms with Crippen LogP contribution in [0, 0.1) is 0 Å². The molecule has 0 spiro atoms. The highest BCUT2D eigenvalue weighted by atomic mass is 32.2. The number of carboxylic acids is 1. The Hall–Kier alpha value is -3.43. The zero-order chi connectivity index (χ0) is 22.5. The fraction of sp³-hybridized carbons (Fsp3) is 0.182. The molecule has 0 radical (unpaired) electrons. The maximum absolute atomic E-state index is 12.5. The molecule has 1 aromatic heterocycles. The van der Waals surface area contributed by atoms with Gasteiger partial charge in [-0.3, -0.25) is 9.59 Å². The highest BCUT2D eigenvalue weighted by Gasteiger charge is 2.37. The van der Waals surface area contributed by atoms with Crippen LogP contribution in [-0.2, 0) is 31.6 Å². The second-order valence-corrected chi connectivity index (χ2v) is 8.92. The fourth-order valence-electron chi connectivity index (χ4n) is 3.01. The Bertz CT molecular complexity index is 1140. The SMILES string of the molecule is CC(CC(=O)Nc1ccc(S(=O)(=O)NCc2ccco2)cc1)(C(=O)O)c1ccccc1. The van der Waals surface area contributed by atoms with Crippen molar-refractivity contribution in [1.82, 2.24) is 4.72 Å². The van der Waals surface area contributed by atoms with Gasteiger partial charge in [-0.15, -0.1) is 0 Å². The minimum atomic E-state index is -3.76. The van der Waals surface area contributed by atoms with Gasteiger partial charge in [0.15, 0.2) is 0 Å². The van der Waals surface area contributed by atoms with E-state index >= 15 is 0 Å². The zero-order valence-corrected chi connectivity index (χ0v) is 17.6. The maximum Gasteiger partial charge on any atom is 0.314 e. The largest absolute Gasteiger partial charge is 0.481 e. The van der Waals surface area contributed by atoms with Gasteiger partial charge in [-0.1, -0.05) is 30.3 Å². The van der Waals surface area contributed by atoms with E-state index in [1.807, 2.05) is 0 Å². The van der Waals surface area contributed by atoms with Gasteiger partial charge in [0.2, 0.25) is 15.9 Å². The van der Waals surface area contributed by atoms with Crippen molar-refractivity contribution < 1.29 is 27.5 Å². The molecule has 2 aromatic carbocycles. The Labute approximate surface area is 180 Å². The third-order valence-corrected chi connectivity index (χ3v) is 6.28. The van der Waals surface area contributed by atoms with Crippen molar-refractivity contribution in [2.24, 2.45) is 0 Å². The summed E-state index contributed by atoms with van der Waals surface area (Å²) >= 11 is 0. The lowest BCUT2D eigenvalue weighted by molar-refractivity contribution is -0.145. The molecule has 3 aromatic rings. The normalized spacial score (nSPS) is 13.3. The highest BCUT2D eigenvalue weighted by molar-refractivity contribution is 7.89. The summed E-state index contributed by atoms with van der Waals surface area (Å²) in [5.41, 5.74) is -0.526. The van der Waals surface area contributed by atoms with Gasteiger partial charge < -0.3 is 14.8 Å². The number of hydrogen-bond acceptors (Lipinski definition) is 5. The first-order valence-electron chi connectivity index (χ1n) is 9.41. The summed E-state index contributed by atoms with van der Waals surface area (Å²) in [4.78, 5) is 24.4. The lowest BCUT2D eigenvalue weighted by Crippen LogP contribution is -2.36. The van der Waals surface area contributed by atoms with Crippen LogP contribution in [0.2, 0.25) is 0 Å². The Morgan fingerprint density at radius 3 is 2.26 bits per heavy atom. The maximum atomic E-state index is 12.5. The number of carbonyl (C=O) groups excluding carboxylic acids is 1. The number of carboxylic acid groups (broad SMARTS) is 1. The van der Waals surface area contributed by atoms with Gasteiger partial charge in [0.05, 0.1) is 23.1 Å². The average Bonchev–Trinajstić information content (AvgIpc) is 3.27. The molecule has 0 aliphatic rings. The second-order valence-electron chi connectivity index (χ2n) is 7.16. The van der Waals surface area contributed by atoms with E-state index in [0.717, 1.165) is 0 Å². The summed E-state index contributed by atoms with van der Waals surface area (Å²) in [6.07, 6.45) is 1.17. The van der Waals surface area contributed by atoms with Gasteiger partial charge in [-0.05, 0) is 48.9 Å². The minimum Gasteiger partial charge on any atom is -0.481 e. The minimum absolute atomic E-state index is 0.0150. The van der Waals surface area contributed by atoms with Gasteiger partial charge in [-0.2, -0.15) is 0 Å². The number of carbonyl (C=O) groups is 2.